The smallest absolute Gasteiger partial charge is 0.139 e. The van der Waals surface area contributed by atoms with Gasteiger partial charge in [0.25, 0.3) is 0 Å². The van der Waals surface area contributed by atoms with E-state index in [9.17, 15) is 0 Å². The molecule has 0 radical (unpaired) electrons. The minimum Gasteiger partial charge on any atom is -0.383 e. The third-order valence-corrected chi connectivity index (χ3v) is 2.78. The highest BCUT2D eigenvalue weighted by atomic mass is 15.1. The SMILES string of the molecule is Cc1cc(C)cc(Nc2nc(C)nc(N)c2C)c1. The molecule has 2 rings (SSSR count). The molecule has 2 aromatic rings. The molecule has 0 amide bonds. The van der Waals surface area contributed by atoms with Crippen LogP contribution in [0.4, 0.5) is 17.3 Å². The van der Waals surface area contributed by atoms with Crippen LogP contribution in [0.15, 0.2) is 18.2 Å². The van der Waals surface area contributed by atoms with E-state index in [1.165, 1.54) is 11.1 Å². The summed E-state index contributed by atoms with van der Waals surface area (Å²) < 4.78 is 0. The first kappa shape index (κ1) is 12.4. The van der Waals surface area contributed by atoms with Gasteiger partial charge in [-0.3, -0.25) is 0 Å². The van der Waals surface area contributed by atoms with E-state index in [1.54, 1.807) is 0 Å². The Hall–Kier alpha value is -2.10. The molecule has 0 unspecified atom stereocenters. The molecule has 0 aliphatic heterocycles. The lowest BCUT2D eigenvalue weighted by Gasteiger charge is -2.12. The van der Waals surface area contributed by atoms with Crippen molar-refractivity contribution in [2.24, 2.45) is 0 Å². The Morgan fingerprint density at radius 1 is 0.944 bits per heavy atom. The molecular weight excluding hydrogens is 224 g/mol. The molecule has 0 spiro atoms. The first-order chi connectivity index (χ1) is 8.45. The van der Waals surface area contributed by atoms with Crippen molar-refractivity contribution in [2.75, 3.05) is 11.1 Å². The summed E-state index contributed by atoms with van der Waals surface area (Å²) in [6.07, 6.45) is 0. The van der Waals surface area contributed by atoms with E-state index in [2.05, 4.69) is 47.3 Å². The fourth-order valence-corrected chi connectivity index (χ4v) is 1.96. The number of anilines is 3. The minimum absolute atomic E-state index is 0.523. The first-order valence-corrected chi connectivity index (χ1v) is 5.92. The third-order valence-electron chi connectivity index (χ3n) is 2.78. The molecule has 0 atom stereocenters. The van der Waals surface area contributed by atoms with Crippen LogP contribution in [0.2, 0.25) is 0 Å². The highest BCUT2D eigenvalue weighted by molar-refractivity contribution is 5.64. The van der Waals surface area contributed by atoms with Crippen molar-refractivity contribution in [3.05, 3.63) is 40.7 Å². The Balaban J connectivity index is 2.39. The first-order valence-electron chi connectivity index (χ1n) is 5.92. The van der Waals surface area contributed by atoms with Crippen LogP contribution >= 0.6 is 0 Å². The van der Waals surface area contributed by atoms with Gasteiger partial charge in [-0.1, -0.05) is 6.07 Å². The fourth-order valence-electron chi connectivity index (χ4n) is 1.96. The zero-order valence-corrected chi connectivity index (χ0v) is 11.2. The zero-order valence-electron chi connectivity index (χ0n) is 11.2. The summed E-state index contributed by atoms with van der Waals surface area (Å²) in [4.78, 5) is 8.52. The maximum Gasteiger partial charge on any atom is 0.139 e. The Morgan fingerprint density at radius 3 is 2.17 bits per heavy atom. The average Bonchev–Trinajstić information content (AvgIpc) is 2.23. The summed E-state index contributed by atoms with van der Waals surface area (Å²) >= 11 is 0. The molecule has 0 bridgehead atoms. The van der Waals surface area contributed by atoms with Crippen LogP contribution in [0.1, 0.15) is 22.5 Å². The van der Waals surface area contributed by atoms with E-state index in [1.807, 2.05) is 13.8 Å². The van der Waals surface area contributed by atoms with Crippen LogP contribution in [0.5, 0.6) is 0 Å². The molecule has 1 heterocycles. The van der Waals surface area contributed by atoms with Gasteiger partial charge < -0.3 is 11.1 Å². The molecule has 3 N–H and O–H groups in total. The highest BCUT2D eigenvalue weighted by Crippen LogP contribution is 2.23. The number of aromatic nitrogens is 2. The van der Waals surface area contributed by atoms with Crippen LogP contribution in [-0.4, -0.2) is 9.97 Å². The summed E-state index contributed by atoms with van der Waals surface area (Å²) in [6, 6.07) is 6.30. The van der Waals surface area contributed by atoms with Gasteiger partial charge in [-0.15, -0.1) is 0 Å². The van der Waals surface area contributed by atoms with E-state index < -0.39 is 0 Å². The van der Waals surface area contributed by atoms with Crippen molar-refractivity contribution in [3.8, 4) is 0 Å². The van der Waals surface area contributed by atoms with E-state index in [0.717, 1.165) is 17.1 Å². The van der Waals surface area contributed by atoms with E-state index in [4.69, 9.17) is 5.73 Å². The van der Waals surface area contributed by atoms with Crippen molar-refractivity contribution in [1.29, 1.82) is 0 Å². The monoisotopic (exact) mass is 242 g/mol. The second-order valence-electron chi connectivity index (χ2n) is 4.63. The molecule has 18 heavy (non-hydrogen) atoms. The lowest BCUT2D eigenvalue weighted by Crippen LogP contribution is -2.05. The van der Waals surface area contributed by atoms with Gasteiger partial charge in [0.05, 0.1) is 0 Å². The maximum absolute atomic E-state index is 5.84. The quantitative estimate of drug-likeness (QED) is 0.849. The second kappa shape index (κ2) is 4.64. The van der Waals surface area contributed by atoms with Crippen LogP contribution in [0.3, 0.4) is 0 Å². The molecule has 0 saturated carbocycles. The number of hydrogen-bond donors (Lipinski definition) is 2. The number of hydrogen-bond acceptors (Lipinski definition) is 4. The van der Waals surface area contributed by atoms with Crippen molar-refractivity contribution >= 4 is 17.3 Å². The summed E-state index contributed by atoms with van der Waals surface area (Å²) in [7, 11) is 0. The number of aryl methyl sites for hydroxylation is 3. The van der Waals surface area contributed by atoms with Gasteiger partial charge in [-0.2, -0.15) is 0 Å². The summed E-state index contributed by atoms with van der Waals surface area (Å²) in [6.45, 7) is 7.90. The van der Waals surface area contributed by atoms with Crippen LogP contribution in [0, 0.1) is 27.7 Å². The van der Waals surface area contributed by atoms with Crippen molar-refractivity contribution < 1.29 is 0 Å². The Kier molecular flexibility index (Phi) is 3.19. The summed E-state index contributed by atoms with van der Waals surface area (Å²) in [5.74, 6) is 1.96. The molecule has 94 valence electrons. The van der Waals surface area contributed by atoms with Crippen molar-refractivity contribution in [3.63, 3.8) is 0 Å². The average molecular weight is 242 g/mol. The number of benzene rings is 1. The number of nitrogens with zero attached hydrogens (tertiary/aromatic N) is 2. The predicted octanol–water partition coefficient (Wildman–Crippen LogP) is 3.04. The van der Waals surface area contributed by atoms with Crippen LogP contribution in [0.25, 0.3) is 0 Å². The lowest BCUT2D eigenvalue weighted by atomic mass is 10.1. The number of nitrogens with one attached hydrogen (secondary N) is 1. The summed E-state index contributed by atoms with van der Waals surface area (Å²) in [5, 5.41) is 3.30. The van der Waals surface area contributed by atoms with Gasteiger partial charge in [0.2, 0.25) is 0 Å². The van der Waals surface area contributed by atoms with E-state index in [0.29, 0.717) is 11.6 Å². The standard InChI is InChI=1S/C14H18N4/c1-8-5-9(2)7-12(6-8)18-14-10(3)13(15)16-11(4)17-14/h5-7H,1-4H3,(H3,15,16,17,18). The van der Waals surface area contributed by atoms with Gasteiger partial charge in [0, 0.05) is 11.3 Å². The van der Waals surface area contributed by atoms with Gasteiger partial charge in [0.15, 0.2) is 0 Å². The molecular formula is C14H18N4. The largest absolute Gasteiger partial charge is 0.383 e. The van der Waals surface area contributed by atoms with E-state index in [-0.39, 0.29) is 0 Å². The van der Waals surface area contributed by atoms with Crippen LogP contribution < -0.4 is 11.1 Å². The van der Waals surface area contributed by atoms with Gasteiger partial charge in [0.1, 0.15) is 17.5 Å². The Bertz CT molecular complexity index is 570. The predicted molar refractivity (Wildman–Crippen MR) is 75.1 cm³/mol. The second-order valence-corrected chi connectivity index (χ2v) is 4.63. The molecule has 4 heteroatoms. The molecule has 0 aliphatic rings. The van der Waals surface area contributed by atoms with Gasteiger partial charge in [-0.25, -0.2) is 9.97 Å². The Labute approximate surface area is 107 Å². The highest BCUT2D eigenvalue weighted by Gasteiger charge is 2.07. The number of rotatable bonds is 2. The topological polar surface area (TPSA) is 63.8 Å². The fraction of sp³-hybridized carbons (Fsp3) is 0.286. The molecule has 1 aromatic heterocycles. The molecule has 0 saturated heterocycles. The van der Waals surface area contributed by atoms with Crippen molar-refractivity contribution in [2.45, 2.75) is 27.7 Å². The molecule has 0 aliphatic carbocycles. The normalized spacial score (nSPS) is 10.4. The van der Waals surface area contributed by atoms with Gasteiger partial charge in [-0.05, 0) is 51.0 Å². The minimum atomic E-state index is 0.523. The number of nitrogens with two attached hydrogens (primary N) is 1. The van der Waals surface area contributed by atoms with E-state index >= 15 is 0 Å². The van der Waals surface area contributed by atoms with Gasteiger partial charge >= 0.3 is 0 Å². The number of nitrogen functional groups attached to an aromatic ring is 1. The molecule has 4 nitrogen and oxygen atoms in total. The lowest BCUT2D eigenvalue weighted by molar-refractivity contribution is 1.04. The van der Waals surface area contributed by atoms with Crippen LogP contribution in [-0.2, 0) is 0 Å². The molecule has 0 fully saturated rings. The van der Waals surface area contributed by atoms with Crippen molar-refractivity contribution in [1.82, 2.24) is 9.97 Å². The zero-order chi connectivity index (χ0) is 13.3. The molecule has 1 aromatic carbocycles. The summed E-state index contributed by atoms with van der Waals surface area (Å²) in [5.41, 5.74) is 10.2. The Morgan fingerprint density at radius 2 is 1.56 bits per heavy atom. The maximum atomic E-state index is 5.84. The third kappa shape index (κ3) is 2.59.